The molecule has 17 heavy (non-hydrogen) atoms. The molecule has 0 aliphatic carbocycles. The van der Waals surface area contributed by atoms with Gasteiger partial charge in [-0.3, -0.25) is 0 Å². The maximum atomic E-state index is 11.4. The Bertz CT molecular complexity index is 496. The van der Waals surface area contributed by atoms with Gasteiger partial charge in [-0.05, 0) is 25.8 Å². The Morgan fingerprint density at radius 3 is 2.76 bits per heavy atom. The molecule has 0 bridgehead atoms. The van der Waals surface area contributed by atoms with Gasteiger partial charge >= 0.3 is 0 Å². The average molecular weight is 253 g/mol. The largest absolute Gasteiger partial charge is 0.306 e. The minimum Gasteiger partial charge on any atom is -0.306 e. The second-order valence-corrected chi connectivity index (χ2v) is 7.13. The molecule has 1 aromatic rings. The first-order valence-electron chi connectivity index (χ1n) is 5.99. The number of benzene rings is 1. The molecule has 1 saturated heterocycles. The molecule has 0 spiro atoms. The molecule has 0 amide bonds. The first-order valence-corrected chi connectivity index (χ1v) is 7.81. The zero-order chi connectivity index (χ0) is 12.5. The molecule has 2 rings (SSSR count). The molecule has 1 N–H and O–H groups in total. The summed E-state index contributed by atoms with van der Waals surface area (Å²) >= 11 is 0. The van der Waals surface area contributed by atoms with Crippen LogP contribution in [0, 0.1) is 6.92 Å². The first kappa shape index (κ1) is 12.6. The van der Waals surface area contributed by atoms with Crippen molar-refractivity contribution in [2.45, 2.75) is 32.4 Å². The van der Waals surface area contributed by atoms with E-state index in [1.165, 1.54) is 11.1 Å². The molecular weight excluding hydrogens is 234 g/mol. The molecule has 1 aliphatic rings. The van der Waals surface area contributed by atoms with E-state index in [0.29, 0.717) is 5.75 Å². The normalized spacial score (nSPS) is 24.7. The number of sulfone groups is 1. The fourth-order valence-electron chi connectivity index (χ4n) is 2.32. The molecule has 1 unspecified atom stereocenters. The molecule has 1 fully saturated rings. The van der Waals surface area contributed by atoms with Crippen molar-refractivity contribution >= 4 is 9.84 Å². The summed E-state index contributed by atoms with van der Waals surface area (Å²) in [7, 11) is -2.79. The van der Waals surface area contributed by atoms with Crippen molar-refractivity contribution in [3.05, 3.63) is 35.4 Å². The van der Waals surface area contributed by atoms with E-state index in [-0.39, 0.29) is 17.8 Å². The van der Waals surface area contributed by atoms with Crippen molar-refractivity contribution in [1.82, 2.24) is 5.32 Å². The van der Waals surface area contributed by atoms with Gasteiger partial charge in [-0.25, -0.2) is 8.42 Å². The lowest BCUT2D eigenvalue weighted by atomic mass is 10.0. The Labute approximate surface area is 103 Å². The maximum absolute atomic E-state index is 11.4. The van der Waals surface area contributed by atoms with Gasteiger partial charge in [-0.15, -0.1) is 0 Å². The van der Waals surface area contributed by atoms with Crippen LogP contribution in [0.5, 0.6) is 0 Å². The van der Waals surface area contributed by atoms with Crippen LogP contribution in [0.1, 0.15) is 30.5 Å². The van der Waals surface area contributed by atoms with Gasteiger partial charge in [0.25, 0.3) is 0 Å². The molecule has 2 atom stereocenters. The lowest BCUT2D eigenvalue weighted by molar-refractivity contribution is 0.485. The molecule has 0 aromatic heterocycles. The van der Waals surface area contributed by atoms with E-state index in [2.05, 4.69) is 37.4 Å². The fourth-order valence-corrected chi connectivity index (χ4v) is 4.00. The van der Waals surface area contributed by atoms with Gasteiger partial charge in [0.05, 0.1) is 11.5 Å². The quantitative estimate of drug-likeness (QED) is 0.894. The number of nitrogens with one attached hydrogen (secondary N) is 1. The van der Waals surface area contributed by atoms with Gasteiger partial charge in [0.1, 0.15) is 0 Å². The third kappa shape index (κ3) is 3.30. The lowest BCUT2D eigenvalue weighted by Gasteiger charge is -2.19. The van der Waals surface area contributed by atoms with Crippen LogP contribution in [-0.4, -0.2) is 26.0 Å². The van der Waals surface area contributed by atoms with Gasteiger partial charge in [-0.2, -0.15) is 0 Å². The van der Waals surface area contributed by atoms with Crippen LogP contribution in [0.4, 0.5) is 0 Å². The number of hydrogen-bond acceptors (Lipinski definition) is 3. The summed E-state index contributed by atoms with van der Waals surface area (Å²) in [5.74, 6) is 0.606. The van der Waals surface area contributed by atoms with Crippen LogP contribution in [0.3, 0.4) is 0 Å². The number of aryl methyl sites for hydroxylation is 1. The summed E-state index contributed by atoms with van der Waals surface area (Å²) in [6, 6.07) is 8.63. The highest BCUT2D eigenvalue weighted by Gasteiger charge is 2.28. The Hall–Kier alpha value is -0.870. The SMILES string of the molecule is Cc1cccc([C@H](C)NC2CCS(=O)(=O)C2)c1. The zero-order valence-electron chi connectivity index (χ0n) is 10.3. The number of rotatable bonds is 3. The zero-order valence-corrected chi connectivity index (χ0v) is 11.1. The predicted molar refractivity (Wildman–Crippen MR) is 69.8 cm³/mol. The topological polar surface area (TPSA) is 46.2 Å². The Morgan fingerprint density at radius 2 is 2.18 bits per heavy atom. The van der Waals surface area contributed by atoms with E-state index in [9.17, 15) is 8.42 Å². The van der Waals surface area contributed by atoms with Gasteiger partial charge < -0.3 is 5.32 Å². The summed E-state index contributed by atoms with van der Waals surface area (Å²) in [5.41, 5.74) is 2.45. The summed E-state index contributed by atoms with van der Waals surface area (Å²) in [4.78, 5) is 0. The smallest absolute Gasteiger partial charge is 0.151 e. The predicted octanol–water partition coefficient (Wildman–Crippen LogP) is 1.83. The highest BCUT2D eigenvalue weighted by atomic mass is 32.2. The summed E-state index contributed by atoms with van der Waals surface area (Å²) in [6.07, 6.45) is 0.735. The highest BCUT2D eigenvalue weighted by Crippen LogP contribution is 2.18. The van der Waals surface area contributed by atoms with Crippen molar-refractivity contribution in [2.75, 3.05) is 11.5 Å². The van der Waals surface area contributed by atoms with Crippen molar-refractivity contribution in [2.24, 2.45) is 0 Å². The van der Waals surface area contributed by atoms with Crippen molar-refractivity contribution in [3.63, 3.8) is 0 Å². The van der Waals surface area contributed by atoms with Gasteiger partial charge in [-0.1, -0.05) is 29.8 Å². The van der Waals surface area contributed by atoms with Gasteiger partial charge in [0.2, 0.25) is 0 Å². The molecule has 4 heteroatoms. The Balaban J connectivity index is 2.00. The van der Waals surface area contributed by atoms with Crippen LogP contribution in [0.25, 0.3) is 0 Å². The van der Waals surface area contributed by atoms with Crippen LogP contribution < -0.4 is 5.32 Å². The third-order valence-electron chi connectivity index (χ3n) is 3.26. The van der Waals surface area contributed by atoms with Crippen LogP contribution in [-0.2, 0) is 9.84 Å². The van der Waals surface area contributed by atoms with Crippen molar-refractivity contribution in [1.29, 1.82) is 0 Å². The van der Waals surface area contributed by atoms with E-state index >= 15 is 0 Å². The minimum atomic E-state index is -2.79. The van der Waals surface area contributed by atoms with E-state index in [1.807, 2.05) is 6.07 Å². The first-order chi connectivity index (χ1) is 7.96. The summed E-state index contributed by atoms with van der Waals surface area (Å²) < 4.78 is 22.7. The fraction of sp³-hybridized carbons (Fsp3) is 0.538. The van der Waals surface area contributed by atoms with Crippen molar-refractivity contribution < 1.29 is 8.42 Å². The third-order valence-corrected chi connectivity index (χ3v) is 5.03. The summed E-state index contributed by atoms with van der Waals surface area (Å²) in [6.45, 7) is 4.15. The molecule has 0 saturated carbocycles. The van der Waals surface area contributed by atoms with E-state index in [0.717, 1.165) is 6.42 Å². The Kier molecular flexibility index (Phi) is 3.54. The second-order valence-electron chi connectivity index (χ2n) is 4.90. The van der Waals surface area contributed by atoms with Crippen LogP contribution in [0.2, 0.25) is 0 Å². The molecule has 94 valence electrons. The van der Waals surface area contributed by atoms with Crippen LogP contribution in [0.15, 0.2) is 24.3 Å². The monoisotopic (exact) mass is 253 g/mol. The molecule has 1 aliphatic heterocycles. The highest BCUT2D eigenvalue weighted by molar-refractivity contribution is 7.91. The lowest BCUT2D eigenvalue weighted by Crippen LogP contribution is -2.32. The average Bonchev–Trinajstić information content (AvgIpc) is 2.58. The molecule has 1 heterocycles. The second kappa shape index (κ2) is 4.78. The van der Waals surface area contributed by atoms with E-state index in [1.54, 1.807) is 0 Å². The van der Waals surface area contributed by atoms with E-state index < -0.39 is 9.84 Å². The molecule has 1 aromatic carbocycles. The van der Waals surface area contributed by atoms with E-state index in [4.69, 9.17) is 0 Å². The molecule has 0 radical (unpaired) electrons. The van der Waals surface area contributed by atoms with Gasteiger partial charge in [0.15, 0.2) is 9.84 Å². The standard InChI is InChI=1S/C13H19NO2S/c1-10-4-3-5-12(8-10)11(2)14-13-6-7-17(15,16)9-13/h3-5,8,11,13-14H,6-7,9H2,1-2H3/t11-,13?/m0/s1. The number of hydrogen-bond donors (Lipinski definition) is 1. The summed E-state index contributed by atoms with van der Waals surface area (Å²) in [5, 5.41) is 3.40. The minimum absolute atomic E-state index is 0.107. The van der Waals surface area contributed by atoms with Crippen LogP contribution >= 0.6 is 0 Å². The molecule has 3 nitrogen and oxygen atoms in total. The van der Waals surface area contributed by atoms with Gasteiger partial charge in [0, 0.05) is 12.1 Å². The van der Waals surface area contributed by atoms with Crippen molar-refractivity contribution in [3.8, 4) is 0 Å². The molecular formula is C13H19NO2S. The Morgan fingerprint density at radius 1 is 1.41 bits per heavy atom. The maximum Gasteiger partial charge on any atom is 0.151 e.